The van der Waals surface area contributed by atoms with Crippen LogP contribution in [0.3, 0.4) is 0 Å². The van der Waals surface area contributed by atoms with Crippen molar-refractivity contribution < 1.29 is 9.59 Å². The maximum absolute atomic E-state index is 12.8. The molecule has 0 radical (unpaired) electrons. The van der Waals surface area contributed by atoms with Crippen LogP contribution in [0.25, 0.3) is 11.0 Å². The van der Waals surface area contributed by atoms with E-state index in [-0.39, 0.29) is 23.9 Å². The third kappa shape index (κ3) is 4.61. The molecule has 1 aliphatic rings. The predicted octanol–water partition coefficient (Wildman–Crippen LogP) is 2.28. The molecule has 0 bridgehead atoms. The number of piperazine rings is 1. The second kappa shape index (κ2) is 7.44. The third-order valence-corrected chi connectivity index (χ3v) is 5.36. The molecule has 3 rings (SSSR count). The second-order valence-electron chi connectivity index (χ2n) is 9.62. The van der Waals surface area contributed by atoms with Crippen molar-refractivity contribution in [1.82, 2.24) is 25.1 Å². The van der Waals surface area contributed by atoms with Gasteiger partial charge in [-0.3, -0.25) is 9.59 Å². The zero-order valence-corrected chi connectivity index (χ0v) is 18.6. The average molecular weight is 400 g/mol. The van der Waals surface area contributed by atoms with Crippen molar-refractivity contribution in [2.24, 2.45) is 0 Å². The zero-order valence-electron chi connectivity index (χ0n) is 18.6. The lowest BCUT2D eigenvalue weighted by molar-refractivity contribution is -0.140. The van der Waals surface area contributed by atoms with Crippen molar-refractivity contribution in [2.45, 2.75) is 72.6 Å². The van der Waals surface area contributed by atoms with Gasteiger partial charge in [-0.15, -0.1) is 0 Å². The summed E-state index contributed by atoms with van der Waals surface area (Å²) in [5, 5.41) is 6.28. The Morgan fingerprint density at radius 1 is 1.24 bits per heavy atom. The zero-order chi connectivity index (χ0) is 21.6. The topological polar surface area (TPSA) is 79.3 Å². The molecular weight excluding hydrogens is 366 g/mol. The standard InChI is InChI=1S/C22H33N5O2/c1-14-10-16-17(11-15(14)2)27(13-19(28)25-21(3,4)5)18(24-16)12-26-9-8-23-22(6,7)20(26)29/h10-11,23H,8-9,12-13H2,1-7H3,(H,25,28). The highest BCUT2D eigenvalue weighted by molar-refractivity contribution is 5.86. The van der Waals surface area contributed by atoms with E-state index in [4.69, 9.17) is 4.98 Å². The second-order valence-corrected chi connectivity index (χ2v) is 9.62. The predicted molar refractivity (Wildman–Crippen MR) is 115 cm³/mol. The molecule has 1 aromatic carbocycles. The number of hydrogen-bond acceptors (Lipinski definition) is 4. The molecule has 2 heterocycles. The Kier molecular flexibility index (Phi) is 5.47. The number of fused-ring (bicyclic) bond motifs is 1. The maximum atomic E-state index is 12.8. The normalized spacial score (nSPS) is 17.1. The SMILES string of the molecule is Cc1cc2nc(CN3CCNC(C)(C)C3=O)n(CC(=O)NC(C)(C)C)c2cc1C. The van der Waals surface area contributed by atoms with E-state index in [9.17, 15) is 9.59 Å². The van der Waals surface area contributed by atoms with E-state index in [1.165, 1.54) is 0 Å². The summed E-state index contributed by atoms with van der Waals surface area (Å²) in [6, 6.07) is 4.13. The number of carbonyl (C=O) groups is 2. The van der Waals surface area contributed by atoms with Gasteiger partial charge >= 0.3 is 0 Å². The van der Waals surface area contributed by atoms with Crippen LogP contribution < -0.4 is 10.6 Å². The van der Waals surface area contributed by atoms with Gasteiger partial charge in [-0.2, -0.15) is 0 Å². The summed E-state index contributed by atoms with van der Waals surface area (Å²) in [6.07, 6.45) is 0. The van der Waals surface area contributed by atoms with Crippen LogP contribution in [0.2, 0.25) is 0 Å². The summed E-state index contributed by atoms with van der Waals surface area (Å²) in [4.78, 5) is 32.2. The fraction of sp³-hybridized carbons (Fsp3) is 0.591. The number of aromatic nitrogens is 2. The van der Waals surface area contributed by atoms with Crippen LogP contribution in [-0.2, 0) is 22.7 Å². The van der Waals surface area contributed by atoms with E-state index < -0.39 is 5.54 Å². The molecule has 1 aromatic heterocycles. The lowest BCUT2D eigenvalue weighted by atomic mass is 10.0. The van der Waals surface area contributed by atoms with Crippen LogP contribution in [0.4, 0.5) is 0 Å². The van der Waals surface area contributed by atoms with Gasteiger partial charge in [0.1, 0.15) is 12.4 Å². The van der Waals surface area contributed by atoms with Gasteiger partial charge in [0.25, 0.3) is 0 Å². The minimum absolute atomic E-state index is 0.0499. The van der Waals surface area contributed by atoms with Crippen LogP contribution in [0, 0.1) is 13.8 Å². The minimum Gasteiger partial charge on any atom is -0.350 e. The number of rotatable bonds is 4. The van der Waals surface area contributed by atoms with Gasteiger partial charge in [0, 0.05) is 18.6 Å². The fourth-order valence-electron chi connectivity index (χ4n) is 3.73. The van der Waals surface area contributed by atoms with Gasteiger partial charge in [-0.1, -0.05) is 0 Å². The highest BCUT2D eigenvalue weighted by Gasteiger charge is 2.36. The largest absolute Gasteiger partial charge is 0.350 e. The molecule has 0 unspecified atom stereocenters. The molecule has 29 heavy (non-hydrogen) atoms. The summed E-state index contributed by atoms with van der Waals surface area (Å²) >= 11 is 0. The molecule has 1 aliphatic heterocycles. The van der Waals surface area contributed by atoms with Crippen molar-refractivity contribution in [3.05, 3.63) is 29.1 Å². The smallest absolute Gasteiger partial charge is 0.242 e. The van der Waals surface area contributed by atoms with Crippen molar-refractivity contribution in [3.63, 3.8) is 0 Å². The van der Waals surface area contributed by atoms with Gasteiger partial charge in [-0.25, -0.2) is 4.98 Å². The molecule has 0 atom stereocenters. The van der Waals surface area contributed by atoms with E-state index in [2.05, 4.69) is 36.6 Å². The summed E-state index contributed by atoms with van der Waals surface area (Å²) in [6.45, 7) is 15.7. The van der Waals surface area contributed by atoms with Crippen molar-refractivity contribution in [1.29, 1.82) is 0 Å². The lowest BCUT2D eigenvalue weighted by Crippen LogP contribution is -2.60. The van der Waals surface area contributed by atoms with Gasteiger partial charge in [0.05, 0.1) is 23.1 Å². The Labute approximate surface area is 172 Å². The first kappa shape index (κ1) is 21.3. The van der Waals surface area contributed by atoms with Crippen LogP contribution in [0.5, 0.6) is 0 Å². The number of carbonyl (C=O) groups excluding carboxylic acids is 2. The molecule has 0 spiro atoms. The fourth-order valence-corrected chi connectivity index (χ4v) is 3.73. The highest BCUT2D eigenvalue weighted by atomic mass is 16.2. The van der Waals surface area contributed by atoms with E-state index in [0.717, 1.165) is 34.5 Å². The van der Waals surface area contributed by atoms with E-state index in [1.807, 2.05) is 44.1 Å². The molecule has 2 amide bonds. The molecule has 7 heteroatoms. The first-order valence-electron chi connectivity index (χ1n) is 10.2. The van der Waals surface area contributed by atoms with Crippen molar-refractivity contribution >= 4 is 22.8 Å². The van der Waals surface area contributed by atoms with Gasteiger partial charge < -0.3 is 20.1 Å². The Hall–Kier alpha value is -2.41. The Balaban J connectivity index is 1.99. The van der Waals surface area contributed by atoms with Crippen molar-refractivity contribution in [3.8, 4) is 0 Å². The molecule has 1 saturated heterocycles. The minimum atomic E-state index is -0.591. The lowest BCUT2D eigenvalue weighted by Gasteiger charge is -2.38. The summed E-state index contributed by atoms with van der Waals surface area (Å²) in [5.74, 6) is 0.720. The summed E-state index contributed by atoms with van der Waals surface area (Å²) < 4.78 is 1.95. The number of nitrogens with zero attached hydrogens (tertiary/aromatic N) is 3. The van der Waals surface area contributed by atoms with Crippen molar-refractivity contribution in [2.75, 3.05) is 13.1 Å². The van der Waals surface area contributed by atoms with E-state index >= 15 is 0 Å². The summed E-state index contributed by atoms with van der Waals surface area (Å²) in [7, 11) is 0. The first-order valence-corrected chi connectivity index (χ1v) is 10.2. The number of amides is 2. The van der Waals surface area contributed by atoms with Gasteiger partial charge in [0.2, 0.25) is 11.8 Å². The van der Waals surface area contributed by atoms with Gasteiger partial charge in [-0.05, 0) is 71.7 Å². The van der Waals surface area contributed by atoms with Crippen LogP contribution in [-0.4, -0.2) is 50.4 Å². The molecule has 0 aliphatic carbocycles. The molecule has 1 fully saturated rings. The first-order chi connectivity index (χ1) is 13.4. The van der Waals surface area contributed by atoms with Crippen LogP contribution in [0.1, 0.15) is 51.6 Å². The number of hydrogen-bond donors (Lipinski definition) is 2. The van der Waals surface area contributed by atoms with E-state index in [0.29, 0.717) is 13.1 Å². The quantitative estimate of drug-likeness (QED) is 0.827. The highest BCUT2D eigenvalue weighted by Crippen LogP contribution is 2.23. The number of nitrogens with one attached hydrogen (secondary N) is 2. The molecule has 2 N–H and O–H groups in total. The summed E-state index contributed by atoms with van der Waals surface area (Å²) in [5.41, 5.74) is 3.19. The van der Waals surface area contributed by atoms with Crippen LogP contribution >= 0.6 is 0 Å². The molecule has 7 nitrogen and oxygen atoms in total. The Morgan fingerprint density at radius 3 is 2.55 bits per heavy atom. The number of benzene rings is 1. The molecule has 2 aromatic rings. The molecular formula is C22H33N5O2. The third-order valence-electron chi connectivity index (χ3n) is 5.36. The Morgan fingerprint density at radius 2 is 1.90 bits per heavy atom. The van der Waals surface area contributed by atoms with E-state index in [1.54, 1.807) is 0 Å². The number of imidazole rings is 1. The average Bonchev–Trinajstić information content (AvgIpc) is 2.87. The monoisotopic (exact) mass is 399 g/mol. The number of aryl methyl sites for hydroxylation is 2. The Bertz CT molecular complexity index is 952. The maximum Gasteiger partial charge on any atom is 0.242 e. The van der Waals surface area contributed by atoms with Gasteiger partial charge in [0.15, 0.2) is 0 Å². The molecule has 158 valence electrons. The molecule has 0 saturated carbocycles. The van der Waals surface area contributed by atoms with Crippen LogP contribution in [0.15, 0.2) is 12.1 Å².